The van der Waals surface area contributed by atoms with Gasteiger partial charge in [0, 0.05) is 5.69 Å². The van der Waals surface area contributed by atoms with Crippen molar-refractivity contribution in [2.24, 2.45) is 0 Å². The molecule has 0 aromatic heterocycles. The lowest BCUT2D eigenvalue weighted by molar-refractivity contribution is -0.150. The van der Waals surface area contributed by atoms with Gasteiger partial charge in [0.25, 0.3) is 0 Å². The van der Waals surface area contributed by atoms with Crippen LogP contribution in [0.15, 0.2) is 24.3 Å². The molecule has 0 saturated heterocycles. The summed E-state index contributed by atoms with van der Waals surface area (Å²) in [5.41, 5.74) is 1.90. The van der Waals surface area contributed by atoms with E-state index in [0.717, 1.165) is 12.8 Å². The first kappa shape index (κ1) is 15.2. The number of aryl methyl sites for hydroxylation is 1. The van der Waals surface area contributed by atoms with Crippen LogP contribution >= 0.6 is 0 Å². The van der Waals surface area contributed by atoms with E-state index in [1.54, 1.807) is 0 Å². The number of nitrogens with one attached hydrogen (secondary N) is 1. The molecule has 0 aliphatic heterocycles. The molecule has 5 nitrogen and oxygen atoms in total. The topological polar surface area (TPSA) is 75.6 Å². The van der Waals surface area contributed by atoms with Gasteiger partial charge in [-0.1, -0.05) is 25.5 Å². The zero-order valence-corrected chi connectivity index (χ0v) is 11.2. The van der Waals surface area contributed by atoms with Crippen molar-refractivity contribution in [3.8, 4) is 0 Å². The summed E-state index contributed by atoms with van der Waals surface area (Å²) in [5, 5.41) is 11.3. The smallest absolute Gasteiger partial charge is 0.332 e. The predicted molar refractivity (Wildman–Crippen MR) is 72.1 cm³/mol. The Hall–Kier alpha value is -1.88. The van der Waals surface area contributed by atoms with Crippen LogP contribution in [0, 0.1) is 0 Å². The number of rotatable bonds is 7. The summed E-state index contributed by atoms with van der Waals surface area (Å²) in [7, 11) is 0. The number of carbonyl (C=O) groups is 2. The van der Waals surface area contributed by atoms with Gasteiger partial charge in [-0.15, -0.1) is 0 Å². The van der Waals surface area contributed by atoms with Crippen LogP contribution in [0.1, 0.15) is 25.8 Å². The zero-order valence-electron chi connectivity index (χ0n) is 11.2. The van der Waals surface area contributed by atoms with Crippen molar-refractivity contribution in [2.75, 3.05) is 11.9 Å². The van der Waals surface area contributed by atoms with E-state index in [2.05, 4.69) is 12.2 Å². The van der Waals surface area contributed by atoms with Crippen molar-refractivity contribution in [1.29, 1.82) is 0 Å². The molecule has 0 aliphatic carbocycles. The third kappa shape index (κ3) is 5.52. The molecule has 1 atom stereocenters. The fourth-order valence-corrected chi connectivity index (χ4v) is 1.51. The molecule has 1 amide bonds. The van der Waals surface area contributed by atoms with Gasteiger partial charge in [-0.3, -0.25) is 4.79 Å². The van der Waals surface area contributed by atoms with Gasteiger partial charge in [-0.25, -0.2) is 4.79 Å². The highest BCUT2D eigenvalue weighted by Crippen LogP contribution is 2.11. The van der Waals surface area contributed by atoms with Gasteiger partial charge < -0.3 is 15.2 Å². The van der Waals surface area contributed by atoms with Crippen LogP contribution in [0.4, 0.5) is 5.69 Å². The van der Waals surface area contributed by atoms with Crippen LogP contribution in [0.25, 0.3) is 0 Å². The van der Waals surface area contributed by atoms with E-state index in [-0.39, 0.29) is 12.5 Å². The van der Waals surface area contributed by atoms with Crippen LogP contribution in [0.3, 0.4) is 0 Å². The van der Waals surface area contributed by atoms with E-state index in [9.17, 15) is 9.59 Å². The predicted octanol–water partition coefficient (Wildman–Crippen LogP) is 2.07. The number of hydrogen-bond donors (Lipinski definition) is 2. The second-order valence-corrected chi connectivity index (χ2v) is 4.29. The minimum atomic E-state index is -1.09. The Labute approximate surface area is 112 Å². The summed E-state index contributed by atoms with van der Waals surface area (Å²) >= 11 is 0. The maximum Gasteiger partial charge on any atom is 0.332 e. The van der Waals surface area contributed by atoms with Gasteiger partial charge in [-0.05, 0) is 31.0 Å². The number of benzene rings is 1. The number of hydrogen-bond acceptors (Lipinski definition) is 3. The SMILES string of the molecule is CCCc1ccc(NC(=O)COC(C)C(=O)O)cc1. The molecular weight excluding hydrogens is 246 g/mol. The second-order valence-electron chi connectivity index (χ2n) is 4.29. The molecule has 0 heterocycles. The zero-order chi connectivity index (χ0) is 14.3. The molecule has 19 heavy (non-hydrogen) atoms. The molecule has 1 aromatic carbocycles. The number of aliphatic carboxylic acids is 1. The summed E-state index contributed by atoms with van der Waals surface area (Å²) in [6, 6.07) is 7.56. The summed E-state index contributed by atoms with van der Waals surface area (Å²) < 4.78 is 4.89. The fraction of sp³-hybridized carbons (Fsp3) is 0.429. The van der Waals surface area contributed by atoms with Gasteiger partial charge in [0.2, 0.25) is 5.91 Å². The molecule has 0 radical (unpaired) electrons. The Bertz CT molecular complexity index is 428. The molecule has 1 aromatic rings. The van der Waals surface area contributed by atoms with Gasteiger partial charge in [0.1, 0.15) is 6.61 Å². The van der Waals surface area contributed by atoms with Crippen molar-refractivity contribution < 1.29 is 19.4 Å². The molecule has 0 fully saturated rings. The molecule has 0 bridgehead atoms. The Morgan fingerprint density at radius 1 is 1.32 bits per heavy atom. The van der Waals surface area contributed by atoms with E-state index in [4.69, 9.17) is 9.84 Å². The standard InChI is InChI=1S/C14H19NO4/c1-3-4-11-5-7-12(8-6-11)15-13(16)9-19-10(2)14(17)18/h5-8,10H,3-4,9H2,1-2H3,(H,15,16)(H,17,18). The van der Waals surface area contributed by atoms with Crippen molar-refractivity contribution in [3.63, 3.8) is 0 Å². The van der Waals surface area contributed by atoms with Gasteiger partial charge in [0.15, 0.2) is 6.10 Å². The Balaban J connectivity index is 2.41. The van der Waals surface area contributed by atoms with Crippen LogP contribution in [0.5, 0.6) is 0 Å². The first-order valence-electron chi connectivity index (χ1n) is 6.26. The van der Waals surface area contributed by atoms with Crippen molar-refractivity contribution in [2.45, 2.75) is 32.8 Å². The van der Waals surface area contributed by atoms with Gasteiger partial charge in [-0.2, -0.15) is 0 Å². The Morgan fingerprint density at radius 3 is 2.47 bits per heavy atom. The van der Waals surface area contributed by atoms with Crippen LogP contribution in [0.2, 0.25) is 0 Å². The first-order chi connectivity index (χ1) is 9.02. The normalized spacial score (nSPS) is 11.9. The molecule has 0 spiro atoms. The van der Waals surface area contributed by atoms with E-state index >= 15 is 0 Å². The first-order valence-corrected chi connectivity index (χ1v) is 6.26. The van der Waals surface area contributed by atoms with Crippen LogP contribution in [-0.2, 0) is 20.7 Å². The van der Waals surface area contributed by atoms with E-state index in [0.29, 0.717) is 5.69 Å². The maximum atomic E-state index is 11.5. The quantitative estimate of drug-likeness (QED) is 0.791. The highest BCUT2D eigenvalue weighted by atomic mass is 16.5. The lowest BCUT2D eigenvalue weighted by atomic mass is 10.1. The molecule has 1 unspecified atom stereocenters. The molecule has 0 aliphatic rings. The third-order valence-corrected chi connectivity index (χ3v) is 2.59. The number of anilines is 1. The van der Waals surface area contributed by atoms with Crippen molar-refractivity contribution in [1.82, 2.24) is 0 Å². The molecule has 0 saturated carbocycles. The lowest BCUT2D eigenvalue weighted by Crippen LogP contribution is -2.26. The minimum absolute atomic E-state index is 0.274. The summed E-state index contributed by atoms with van der Waals surface area (Å²) in [6.45, 7) is 3.22. The molecule has 104 valence electrons. The number of carbonyl (C=O) groups excluding carboxylic acids is 1. The lowest BCUT2D eigenvalue weighted by Gasteiger charge is -2.09. The van der Waals surface area contributed by atoms with Gasteiger partial charge in [0.05, 0.1) is 0 Å². The van der Waals surface area contributed by atoms with E-state index in [1.807, 2.05) is 24.3 Å². The van der Waals surface area contributed by atoms with Crippen LogP contribution < -0.4 is 5.32 Å². The average molecular weight is 265 g/mol. The maximum absolute atomic E-state index is 11.5. The largest absolute Gasteiger partial charge is 0.479 e. The number of amides is 1. The summed E-state index contributed by atoms with van der Waals surface area (Å²) in [4.78, 5) is 22.0. The molecule has 5 heteroatoms. The average Bonchev–Trinajstić information content (AvgIpc) is 2.38. The fourth-order valence-electron chi connectivity index (χ4n) is 1.51. The van der Waals surface area contributed by atoms with Crippen molar-refractivity contribution >= 4 is 17.6 Å². The molecular formula is C14H19NO4. The minimum Gasteiger partial charge on any atom is -0.479 e. The molecule has 1 rings (SSSR count). The molecule has 2 N–H and O–H groups in total. The summed E-state index contributed by atoms with van der Waals surface area (Å²) in [6.07, 6.45) is 1.10. The third-order valence-electron chi connectivity index (χ3n) is 2.59. The highest BCUT2D eigenvalue weighted by molar-refractivity contribution is 5.91. The van der Waals surface area contributed by atoms with Gasteiger partial charge >= 0.3 is 5.97 Å². The second kappa shape index (κ2) is 7.53. The Kier molecular flexibility index (Phi) is 6.02. The number of ether oxygens (including phenoxy) is 1. The monoisotopic (exact) mass is 265 g/mol. The highest BCUT2D eigenvalue weighted by Gasteiger charge is 2.13. The Morgan fingerprint density at radius 2 is 1.95 bits per heavy atom. The van der Waals surface area contributed by atoms with Crippen molar-refractivity contribution in [3.05, 3.63) is 29.8 Å². The number of carboxylic acids is 1. The number of carboxylic acid groups (broad SMARTS) is 1. The van der Waals surface area contributed by atoms with E-state index < -0.39 is 12.1 Å². The van der Waals surface area contributed by atoms with Crippen LogP contribution in [-0.4, -0.2) is 29.7 Å². The van der Waals surface area contributed by atoms with E-state index in [1.165, 1.54) is 12.5 Å². The summed E-state index contributed by atoms with van der Waals surface area (Å²) in [5.74, 6) is -1.45.